The van der Waals surface area contributed by atoms with Crippen LogP contribution in [-0.4, -0.2) is 55.2 Å². The molecule has 1 amide bonds. The average molecular weight is 512 g/mol. The van der Waals surface area contributed by atoms with Crippen molar-refractivity contribution in [3.8, 4) is 28.8 Å². The molecular formula is C22H20F4N4O6. The second-order valence-corrected chi connectivity index (χ2v) is 7.12. The highest BCUT2D eigenvalue weighted by atomic mass is 19.4. The SMILES string of the molecule is COC[C@@H](NC(=O)c1cc(=O)[nH]c(-c2ncc(OC)cc2OC)n1)c1ccc(OC(F)(F)F)c(F)c1. The Bertz CT molecular complexity index is 1300. The Morgan fingerprint density at radius 3 is 2.47 bits per heavy atom. The number of carbonyl (C=O) groups is 1. The van der Waals surface area contributed by atoms with Crippen LogP contribution in [0.5, 0.6) is 17.2 Å². The predicted octanol–water partition coefficient (Wildman–Crippen LogP) is 3.00. The van der Waals surface area contributed by atoms with Crippen LogP contribution in [-0.2, 0) is 4.74 Å². The van der Waals surface area contributed by atoms with E-state index in [-0.39, 0.29) is 35.1 Å². The normalized spacial score (nSPS) is 12.1. The van der Waals surface area contributed by atoms with Gasteiger partial charge in [-0.05, 0) is 17.7 Å². The minimum absolute atomic E-state index is 0.0739. The first-order valence-corrected chi connectivity index (χ1v) is 10.1. The van der Waals surface area contributed by atoms with Crippen LogP contribution >= 0.6 is 0 Å². The third-order valence-corrected chi connectivity index (χ3v) is 4.70. The number of nitrogens with one attached hydrogen (secondary N) is 2. The molecule has 0 aliphatic rings. The fraction of sp³-hybridized carbons (Fsp3) is 0.273. The molecule has 0 saturated heterocycles. The highest BCUT2D eigenvalue weighted by Crippen LogP contribution is 2.29. The molecule has 2 heterocycles. The number of hydrogen-bond donors (Lipinski definition) is 2. The Labute approximate surface area is 201 Å². The van der Waals surface area contributed by atoms with E-state index >= 15 is 0 Å². The van der Waals surface area contributed by atoms with Gasteiger partial charge in [0, 0.05) is 19.2 Å². The van der Waals surface area contributed by atoms with Gasteiger partial charge in [0.25, 0.3) is 11.5 Å². The summed E-state index contributed by atoms with van der Waals surface area (Å²) in [5.74, 6) is -2.65. The van der Waals surface area contributed by atoms with Gasteiger partial charge in [-0.2, -0.15) is 0 Å². The van der Waals surface area contributed by atoms with E-state index in [0.29, 0.717) is 5.75 Å². The van der Waals surface area contributed by atoms with Crippen LogP contribution in [0, 0.1) is 5.82 Å². The molecule has 0 unspecified atom stereocenters. The van der Waals surface area contributed by atoms with Crippen molar-refractivity contribution >= 4 is 5.91 Å². The number of benzene rings is 1. The summed E-state index contributed by atoms with van der Waals surface area (Å²) in [5, 5.41) is 2.52. The van der Waals surface area contributed by atoms with Crippen molar-refractivity contribution in [3.63, 3.8) is 0 Å². The molecule has 0 saturated carbocycles. The van der Waals surface area contributed by atoms with Crippen molar-refractivity contribution < 1.29 is 41.3 Å². The summed E-state index contributed by atoms with van der Waals surface area (Å²) in [6.07, 6.45) is -3.71. The molecule has 0 radical (unpaired) electrons. The molecule has 2 aromatic heterocycles. The molecule has 1 atom stereocenters. The smallest absolute Gasteiger partial charge is 0.495 e. The first kappa shape index (κ1) is 26.4. The first-order valence-electron chi connectivity index (χ1n) is 10.1. The number of methoxy groups -OCH3 is 3. The molecule has 3 rings (SSSR count). The Hall–Kier alpha value is -4.20. The molecule has 0 bridgehead atoms. The molecule has 0 fully saturated rings. The maximum Gasteiger partial charge on any atom is 0.573 e. The van der Waals surface area contributed by atoms with Crippen LogP contribution in [0.25, 0.3) is 11.5 Å². The lowest BCUT2D eigenvalue weighted by Crippen LogP contribution is -2.33. The average Bonchev–Trinajstić information content (AvgIpc) is 2.83. The first-order chi connectivity index (χ1) is 17.0. The maximum absolute atomic E-state index is 14.2. The summed E-state index contributed by atoms with van der Waals surface area (Å²) in [7, 11) is 4.11. The number of aromatic amines is 1. The van der Waals surface area contributed by atoms with Gasteiger partial charge in [-0.15, -0.1) is 13.2 Å². The van der Waals surface area contributed by atoms with E-state index in [2.05, 4.69) is 25.0 Å². The lowest BCUT2D eigenvalue weighted by Gasteiger charge is -2.19. The minimum atomic E-state index is -5.08. The minimum Gasteiger partial charge on any atom is -0.495 e. The van der Waals surface area contributed by atoms with Gasteiger partial charge < -0.3 is 29.2 Å². The summed E-state index contributed by atoms with van der Waals surface area (Å²) in [6, 6.07) is 4.11. The van der Waals surface area contributed by atoms with Crippen molar-refractivity contribution in [1.29, 1.82) is 0 Å². The van der Waals surface area contributed by atoms with Gasteiger partial charge in [-0.25, -0.2) is 14.4 Å². The molecule has 0 spiro atoms. The van der Waals surface area contributed by atoms with Gasteiger partial charge in [0.05, 0.1) is 33.1 Å². The largest absolute Gasteiger partial charge is 0.573 e. The molecule has 0 aliphatic heterocycles. The number of alkyl halides is 3. The predicted molar refractivity (Wildman–Crippen MR) is 116 cm³/mol. The van der Waals surface area contributed by atoms with Crippen molar-refractivity contribution in [2.45, 2.75) is 12.4 Å². The molecule has 192 valence electrons. The van der Waals surface area contributed by atoms with E-state index in [4.69, 9.17) is 14.2 Å². The van der Waals surface area contributed by atoms with Gasteiger partial charge in [0.1, 0.15) is 17.1 Å². The molecular weight excluding hydrogens is 492 g/mol. The van der Waals surface area contributed by atoms with E-state index < -0.39 is 35.4 Å². The Morgan fingerprint density at radius 2 is 1.86 bits per heavy atom. The zero-order chi connectivity index (χ0) is 26.5. The van der Waals surface area contributed by atoms with E-state index in [1.807, 2.05) is 0 Å². The Morgan fingerprint density at radius 1 is 1.11 bits per heavy atom. The molecule has 2 N–H and O–H groups in total. The summed E-state index contributed by atoms with van der Waals surface area (Å²) in [4.78, 5) is 35.9. The van der Waals surface area contributed by atoms with Gasteiger partial charge in [0.2, 0.25) is 0 Å². The number of nitrogens with zero attached hydrogens (tertiary/aromatic N) is 2. The second-order valence-electron chi connectivity index (χ2n) is 7.12. The van der Waals surface area contributed by atoms with Crippen LogP contribution in [0.4, 0.5) is 17.6 Å². The number of halogens is 4. The molecule has 3 aromatic rings. The van der Waals surface area contributed by atoms with Crippen molar-refractivity contribution in [1.82, 2.24) is 20.3 Å². The van der Waals surface area contributed by atoms with Crippen LogP contribution in [0.2, 0.25) is 0 Å². The second kappa shape index (κ2) is 11.0. The monoisotopic (exact) mass is 512 g/mol. The van der Waals surface area contributed by atoms with Gasteiger partial charge in [-0.3, -0.25) is 9.59 Å². The molecule has 36 heavy (non-hydrogen) atoms. The fourth-order valence-electron chi connectivity index (χ4n) is 3.12. The molecule has 0 aliphatic carbocycles. The third kappa shape index (κ3) is 6.47. The number of H-pyrrole nitrogens is 1. The Kier molecular flexibility index (Phi) is 8.09. The fourth-order valence-corrected chi connectivity index (χ4v) is 3.12. The van der Waals surface area contributed by atoms with Crippen LogP contribution < -0.4 is 25.1 Å². The number of rotatable bonds is 9. The quantitative estimate of drug-likeness (QED) is 0.420. The summed E-state index contributed by atoms with van der Waals surface area (Å²) < 4.78 is 70.4. The number of aromatic nitrogens is 3. The van der Waals surface area contributed by atoms with E-state index in [9.17, 15) is 27.2 Å². The van der Waals surface area contributed by atoms with Crippen molar-refractivity contribution in [2.75, 3.05) is 27.9 Å². The summed E-state index contributed by atoms with van der Waals surface area (Å²) in [5.41, 5.74) is -0.776. The van der Waals surface area contributed by atoms with E-state index in [1.54, 1.807) is 0 Å². The zero-order valence-electron chi connectivity index (χ0n) is 19.1. The van der Waals surface area contributed by atoms with Gasteiger partial charge >= 0.3 is 6.36 Å². The lowest BCUT2D eigenvalue weighted by molar-refractivity contribution is -0.275. The van der Waals surface area contributed by atoms with Gasteiger partial charge in [0.15, 0.2) is 23.1 Å². The van der Waals surface area contributed by atoms with E-state index in [0.717, 1.165) is 24.3 Å². The summed E-state index contributed by atoms with van der Waals surface area (Å²) >= 11 is 0. The maximum atomic E-state index is 14.2. The zero-order valence-corrected chi connectivity index (χ0v) is 19.1. The lowest BCUT2D eigenvalue weighted by atomic mass is 10.1. The summed E-state index contributed by atoms with van der Waals surface area (Å²) in [6.45, 7) is -0.172. The molecule has 14 heteroatoms. The van der Waals surface area contributed by atoms with Crippen LogP contribution in [0.3, 0.4) is 0 Å². The van der Waals surface area contributed by atoms with Gasteiger partial charge in [-0.1, -0.05) is 6.07 Å². The number of pyridine rings is 1. The third-order valence-electron chi connectivity index (χ3n) is 4.70. The van der Waals surface area contributed by atoms with Crippen LogP contribution in [0.15, 0.2) is 41.3 Å². The number of ether oxygens (including phenoxy) is 4. The number of carbonyl (C=O) groups excluding carboxylic acids is 1. The highest BCUT2D eigenvalue weighted by Gasteiger charge is 2.32. The van der Waals surface area contributed by atoms with Crippen LogP contribution in [0.1, 0.15) is 22.1 Å². The number of amides is 1. The van der Waals surface area contributed by atoms with Crippen molar-refractivity contribution in [2.24, 2.45) is 0 Å². The molecule has 1 aromatic carbocycles. The topological polar surface area (TPSA) is 125 Å². The number of hydrogen-bond acceptors (Lipinski definition) is 8. The highest BCUT2D eigenvalue weighted by molar-refractivity contribution is 5.92. The standard InChI is InChI=1S/C22H20F4N4O6/c1-33-10-15(11-4-5-16(13(23)6-11)36-22(24,25)26)29-21(32)14-8-18(31)30-20(28-14)19-17(35-3)7-12(34-2)9-27-19/h4-9,15H,10H2,1-3H3,(H,29,32)(H,28,30,31)/t15-/m1/s1. The molecule has 10 nitrogen and oxygen atoms in total. The van der Waals surface area contributed by atoms with Crippen molar-refractivity contribution in [3.05, 3.63) is 64.0 Å². The van der Waals surface area contributed by atoms with E-state index in [1.165, 1.54) is 33.6 Å². The Balaban J connectivity index is 1.90.